The predicted octanol–water partition coefficient (Wildman–Crippen LogP) is 2.62. The van der Waals surface area contributed by atoms with Crippen LogP contribution in [0.4, 0.5) is 0 Å². The lowest BCUT2D eigenvalue weighted by molar-refractivity contribution is 0.582. The van der Waals surface area contributed by atoms with Crippen molar-refractivity contribution in [1.29, 1.82) is 0 Å². The fraction of sp³-hybridized carbons (Fsp3) is 0.412. The molecule has 0 atom stereocenters. The Labute approximate surface area is 156 Å². The van der Waals surface area contributed by atoms with Crippen LogP contribution in [0.3, 0.4) is 0 Å². The molecule has 3 aromatic heterocycles. The highest BCUT2D eigenvalue weighted by Crippen LogP contribution is 2.30. The van der Waals surface area contributed by atoms with Gasteiger partial charge in [0.25, 0.3) is 0 Å². The van der Waals surface area contributed by atoms with Crippen LogP contribution in [0.5, 0.6) is 0 Å². The molecule has 1 aliphatic rings. The smallest absolute Gasteiger partial charge is 0.250 e. The Morgan fingerprint density at radius 2 is 2.12 bits per heavy atom. The minimum atomic E-state index is -3.56. The van der Waals surface area contributed by atoms with Crippen LogP contribution in [0.25, 0.3) is 10.4 Å². The van der Waals surface area contributed by atoms with Gasteiger partial charge in [-0.2, -0.15) is 10.2 Å². The van der Waals surface area contributed by atoms with Gasteiger partial charge in [-0.1, -0.05) is 6.42 Å². The van der Waals surface area contributed by atoms with Crippen LogP contribution in [0.2, 0.25) is 0 Å². The molecule has 0 unspecified atom stereocenters. The number of aromatic nitrogens is 4. The van der Waals surface area contributed by atoms with Gasteiger partial charge >= 0.3 is 0 Å². The number of aryl methyl sites for hydroxylation is 2. The molecule has 3 heterocycles. The Balaban J connectivity index is 1.50. The van der Waals surface area contributed by atoms with E-state index in [4.69, 9.17) is 0 Å². The summed E-state index contributed by atoms with van der Waals surface area (Å²) in [4.78, 5) is 0.882. The standard InChI is InChI=1S/C17H21N5O2S2/c1-22-11-12(9-18-22)16-7-8-17(25-16)26(23,24)19-10-15-13-5-3-2-4-6-14(13)20-21-15/h7-9,11,19H,2-6,10H2,1H3,(H,20,21). The Hall–Kier alpha value is -1.97. The van der Waals surface area contributed by atoms with Crippen LogP contribution in [0, 0.1) is 0 Å². The molecule has 2 N–H and O–H groups in total. The Bertz CT molecular complexity index is 1020. The Kier molecular flexibility index (Phi) is 4.68. The van der Waals surface area contributed by atoms with Gasteiger partial charge in [0, 0.05) is 29.4 Å². The van der Waals surface area contributed by atoms with Crippen LogP contribution >= 0.6 is 11.3 Å². The van der Waals surface area contributed by atoms with Gasteiger partial charge in [0.15, 0.2) is 0 Å². The van der Waals surface area contributed by atoms with E-state index in [2.05, 4.69) is 20.0 Å². The number of aromatic amines is 1. The van der Waals surface area contributed by atoms with E-state index in [9.17, 15) is 8.42 Å². The minimum Gasteiger partial charge on any atom is -0.282 e. The lowest BCUT2D eigenvalue weighted by Gasteiger charge is -2.05. The second-order valence-corrected chi connectivity index (χ2v) is 9.61. The number of rotatable bonds is 5. The molecule has 0 aliphatic heterocycles. The van der Waals surface area contributed by atoms with Crippen LogP contribution in [0.15, 0.2) is 28.7 Å². The number of fused-ring (bicyclic) bond motifs is 1. The summed E-state index contributed by atoms with van der Waals surface area (Å²) in [5.41, 5.74) is 4.07. The highest BCUT2D eigenvalue weighted by molar-refractivity contribution is 7.91. The van der Waals surface area contributed by atoms with Gasteiger partial charge in [-0.25, -0.2) is 13.1 Å². The average molecular weight is 392 g/mol. The van der Waals surface area contributed by atoms with Gasteiger partial charge < -0.3 is 0 Å². The molecule has 0 saturated carbocycles. The summed E-state index contributed by atoms with van der Waals surface area (Å²) >= 11 is 1.24. The number of sulfonamides is 1. The summed E-state index contributed by atoms with van der Waals surface area (Å²) in [7, 11) is -1.73. The SMILES string of the molecule is Cn1cc(-c2ccc(S(=O)(=O)NCc3n[nH]c4c3CCCCC4)s2)cn1. The molecule has 0 fully saturated rings. The predicted molar refractivity (Wildman–Crippen MR) is 100 cm³/mol. The lowest BCUT2D eigenvalue weighted by atomic mass is 10.1. The molecule has 0 saturated heterocycles. The summed E-state index contributed by atoms with van der Waals surface area (Å²) in [5, 5.41) is 11.5. The quantitative estimate of drug-likeness (QED) is 0.654. The van der Waals surface area contributed by atoms with Gasteiger partial charge in [-0.05, 0) is 43.4 Å². The van der Waals surface area contributed by atoms with E-state index < -0.39 is 10.0 Å². The zero-order valence-electron chi connectivity index (χ0n) is 14.5. The first kappa shape index (κ1) is 17.4. The molecule has 0 spiro atoms. The van der Waals surface area contributed by atoms with Crippen molar-refractivity contribution in [3.63, 3.8) is 0 Å². The number of nitrogens with zero attached hydrogens (tertiary/aromatic N) is 3. The topological polar surface area (TPSA) is 92.7 Å². The fourth-order valence-corrected chi connectivity index (χ4v) is 5.59. The van der Waals surface area contributed by atoms with Gasteiger partial charge in [0.1, 0.15) is 4.21 Å². The summed E-state index contributed by atoms with van der Waals surface area (Å²) in [5.74, 6) is 0. The molecule has 26 heavy (non-hydrogen) atoms. The first-order chi connectivity index (χ1) is 12.5. The number of hydrogen-bond acceptors (Lipinski definition) is 5. The molecule has 1 aliphatic carbocycles. The average Bonchev–Trinajstić information content (AvgIpc) is 3.31. The first-order valence-corrected chi connectivity index (χ1v) is 11.0. The molecule has 9 heteroatoms. The van der Waals surface area contributed by atoms with E-state index in [1.54, 1.807) is 16.9 Å². The van der Waals surface area contributed by atoms with E-state index >= 15 is 0 Å². The first-order valence-electron chi connectivity index (χ1n) is 8.66. The molecule has 0 bridgehead atoms. The summed E-state index contributed by atoms with van der Waals surface area (Å²) in [6, 6.07) is 3.46. The molecule has 0 radical (unpaired) electrons. The second-order valence-electron chi connectivity index (χ2n) is 6.53. The van der Waals surface area contributed by atoms with Crippen molar-refractivity contribution in [2.45, 2.75) is 42.9 Å². The minimum absolute atomic E-state index is 0.217. The molecule has 0 aromatic carbocycles. The summed E-state index contributed by atoms with van der Waals surface area (Å²) in [6.45, 7) is 0.217. The van der Waals surface area contributed by atoms with Gasteiger partial charge in [-0.15, -0.1) is 11.3 Å². The Morgan fingerprint density at radius 3 is 2.92 bits per heavy atom. The van der Waals surface area contributed by atoms with E-state index in [1.807, 2.05) is 19.3 Å². The third kappa shape index (κ3) is 3.46. The van der Waals surface area contributed by atoms with Crippen LogP contribution in [-0.4, -0.2) is 28.4 Å². The van der Waals surface area contributed by atoms with Gasteiger partial charge in [0.05, 0.1) is 18.4 Å². The highest BCUT2D eigenvalue weighted by atomic mass is 32.2. The highest BCUT2D eigenvalue weighted by Gasteiger charge is 2.21. The largest absolute Gasteiger partial charge is 0.282 e. The third-order valence-electron chi connectivity index (χ3n) is 4.66. The normalized spacial score (nSPS) is 15.0. The summed E-state index contributed by atoms with van der Waals surface area (Å²) in [6.07, 6.45) is 9.06. The number of thiophene rings is 1. The number of hydrogen-bond donors (Lipinski definition) is 2. The summed E-state index contributed by atoms with van der Waals surface area (Å²) < 4.78 is 30.0. The Morgan fingerprint density at radius 1 is 1.27 bits per heavy atom. The molecule has 138 valence electrons. The van der Waals surface area contributed by atoms with Crippen molar-refractivity contribution in [3.8, 4) is 10.4 Å². The van der Waals surface area contributed by atoms with E-state index in [0.29, 0.717) is 4.21 Å². The molecule has 0 amide bonds. The van der Waals surface area contributed by atoms with Crippen molar-refractivity contribution in [1.82, 2.24) is 24.7 Å². The third-order valence-corrected chi connectivity index (χ3v) is 7.68. The van der Waals surface area contributed by atoms with Crippen LogP contribution < -0.4 is 4.72 Å². The van der Waals surface area contributed by atoms with Crippen molar-refractivity contribution < 1.29 is 8.42 Å². The molecule has 7 nitrogen and oxygen atoms in total. The van der Waals surface area contributed by atoms with E-state index in [-0.39, 0.29) is 6.54 Å². The van der Waals surface area contributed by atoms with Crippen LogP contribution in [-0.2, 0) is 36.5 Å². The van der Waals surface area contributed by atoms with Crippen molar-refractivity contribution in [2.24, 2.45) is 7.05 Å². The maximum absolute atomic E-state index is 12.7. The van der Waals surface area contributed by atoms with E-state index in [1.165, 1.54) is 23.3 Å². The van der Waals surface area contributed by atoms with Crippen LogP contribution in [0.1, 0.15) is 36.2 Å². The van der Waals surface area contributed by atoms with E-state index in [0.717, 1.165) is 47.5 Å². The zero-order valence-corrected chi connectivity index (χ0v) is 16.2. The second kappa shape index (κ2) is 6.98. The molecular weight excluding hydrogens is 370 g/mol. The van der Waals surface area contributed by atoms with Gasteiger partial charge in [0.2, 0.25) is 10.0 Å². The maximum Gasteiger partial charge on any atom is 0.250 e. The maximum atomic E-state index is 12.7. The van der Waals surface area contributed by atoms with Crippen molar-refractivity contribution >= 4 is 21.4 Å². The number of H-pyrrole nitrogens is 1. The molecular formula is C17H21N5O2S2. The molecule has 3 aromatic rings. The lowest BCUT2D eigenvalue weighted by Crippen LogP contribution is -2.23. The number of nitrogens with one attached hydrogen (secondary N) is 2. The fourth-order valence-electron chi connectivity index (χ4n) is 3.28. The van der Waals surface area contributed by atoms with Crippen molar-refractivity contribution in [3.05, 3.63) is 41.5 Å². The van der Waals surface area contributed by atoms with Gasteiger partial charge in [-0.3, -0.25) is 9.78 Å². The zero-order chi connectivity index (χ0) is 18.1. The van der Waals surface area contributed by atoms with Crippen molar-refractivity contribution in [2.75, 3.05) is 0 Å². The molecule has 4 rings (SSSR count). The monoisotopic (exact) mass is 391 g/mol.